The molecule has 18 heavy (non-hydrogen) atoms. The van der Waals surface area contributed by atoms with Gasteiger partial charge in [0.05, 0.1) is 17.7 Å². The first kappa shape index (κ1) is 14.3. The van der Waals surface area contributed by atoms with Crippen LogP contribution < -0.4 is 0 Å². The molecule has 6 nitrogen and oxygen atoms in total. The van der Waals surface area contributed by atoms with Crippen LogP contribution >= 0.6 is 11.6 Å². The molecule has 2 atom stereocenters. The fourth-order valence-corrected chi connectivity index (χ4v) is 1.71. The highest BCUT2D eigenvalue weighted by atomic mass is 35.5. The Bertz CT molecular complexity index is 508. The number of halogens is 1. The lowest BCUT2D eigenvalue weighted by molar-refractivity contribution is 0.0150. The molecule has 94 valence electrons. The minimum absolute atomic E-state index is 0.0837. The van der Waals surface area contributed by atoms with Crippen molar-refractivity contribution < 1.29 is 10.2 Å². The normalized spacial score (nSPS) is 13.2. The summed E-state index contributed by atoms with van der Waals surface area (Å²) in [7, 11) is 0. The molecular formula is C11H11ClN4O2. The zero-order chi connectivity index (χ0) is 13.5. The van der Waals surface area contributed by atoms with E-state index in [4.69, 9.17) is 22.4 Å². The molecule has 0 saturated heterocycles. The molecule has 7 heteroatoms. The van der Waals surface area contributed by atoms with Gasteiger partial charge in [-0.15, -0.1) is 0 Å². The number of hydrogen-bond donors (Lipinski definition) is 2. The molecule has 2 unspecified atom stereocenters. The Morgan fingerprint density at radius 2 is 2.17 bits per heavy atom. The lowest BCUT2D eigenvalue weighted by Crippen LogP contribution is -2.19. The Labute approximate surface area is 109 Å². The largest absolute Gasteiger partial charge is 0.390 e. The van der Waals surface area contributed by atoms with Crippen LogP contribution in [0.2, 0.25) is 5.02 Å². The topological polar surface area (TPSA) is 113 Å². The Morgan fingerprint density at radius 3 is 2.78 bits per heavy atom. The summed E-state index contributed by atoms with van der Waals surface area (Å²) >= 11 is 5.79. The first-order valence-electron chi connectivity index (χ1n) is 5.16. The molecule has 0 aromatic heterocycles. The SMILES string of the molecule is N#Cc1cc(Cl)cc(C(O)C(O)CCN=[N+]=[N-])c1. The average molecular weight is 267 g/mol. The summed E-state index contributed by atoms with van der Waals surface area (Å²) in [5.41, 5.74) is 8.76. The highest BCUT2D eigenvalue weighted by Crippen LogP contribution is 2.23. The van der Waals surface area contributed by atoms with Gasteiger partial charge in [-0.05, 0) is 35.7 Å². The van der Waals surface area contributed by atoms with E-state index in [-0.39, 0.29) is 13.0 Å². The van der Waals surface area contributed by atoms with Gasteiger partial charge in [-0.3, -0.25) is 0 Å². The van der Waals surface area contributed by atoms with Crippen LogP contribution in [0.15, 0.2) is 23.3 Å². The zero-order valence-corrected chi connectivity index (χ0v) is 10.1. The van der Waals surface area contributed by atoms with Crippen molar-refractivity contribution in [2.24, 2.45) is 5.11 Å². The second kappa shape index (κ2) is 6.84. The van der Waals surface area contributed by atoms with Crippen molar-refractivity contribution in [3.8, 4) is 6.07 Å². The van der Waals surface area contributed by atoms with Gasteiger partial charge in [0.15, 0.2) is 0 Å². The van der Waals surface area contributed by atoms with E-state index >= 15 is 0 Å². The van der Waals surface area contributed by atoms with Crippen LogP contribution in [0.4, 0.5) is 0 Å². The van der Waals surface area contributed by atoms with E-state index in [0.29, 0.717) is 16.1 Å². The number of aliphatic hydroxyl groups excluding tert-OH is 2. The molecule has 0 aliphatic rings. The van der Waals surface area contributed by atoms with Crippen molar-refractivity contribution in [1.82, 2.24) is 0 Å². The number of benzene rings is 1. The number of azide groups is 1. The maximum atomic E-state index is 9.88. The lowest BCUT2D eigenvalue weighted by atomic mass is 10.0. The first-order chi connectivity index (χ1) is 8.58. The summed E-state index contributed by atoms with van der Waals surface area (Å²) < 4.78 is 0. The van der Waals surface area contributed by atoms with Crippen molar-refractivity contribution >= 4 is 11.6 Å². The van der Waals surface area contributed by atoms with Crippen LogP contribution in [0.25, 0.3) is 10.4 Å². The molecule has 1 aromatic carbocycles. The van der Waals surface area contributed by atoms with Gasteiger partial charge in [0.1, 0.15) is 6.10 Å². The van der Waals surface area contributed by atoms with Gasteiger partial charge in [-0.25, -0.2) is 0 Å². The van der Waals surface area contributed by atoms with Crippen molar-refractivity contribution in [1.29, 1.82) is 5.26 Å². The number of hydrogen-bond acceptors (Lipinski definition) is 4. The monoisotopic (exact) mass is 266 g/mol. The van der Waals surface area contributed by atoms with E-state index in [0.717, 1.165) is 0 Å². The molecule has 0 spiro atoms. The highest BCUT2D eigenvalue weighted by molar-refractivity contribution is 6.30. The summed E-state index contributed by atoms with van der Waals surface area (Å²) in [5.74, 6) is 0. The molecule has 1 aromatic rings. The van der Waals surface area contributed by atoms with E-state index in [1.807, 2.05) is 6.07 Å². The molecule has 0 aliphatic carbocycles. The summed E-state index contributed by atoms with van der Waals surface area (Å²) in [6.45, 7) is 0.0837. The van der Waals surface area contributed by atoms with Crippen LogP contribution in [-0.2, 0) is 0 Å². The molecule has 0 bridgehead atoms. The molecule has 0 radical (unpaired) electrons. The van der Waals surface area contributed by atoms with E-state index in [1.165, 1.54) is 18.2 Å². The third kappa shape index (κ3) is 3.91. The number of nitriles is 1. The molecule has 1 rings (SSSR count). The van der Waals surface area contributed by atoms with Crippen molar-refractivity contribution in [3.63, 3.8) is 0 Å². The fraction of sp³-hybridized carbons (Fsp3) is 0.364. The number of nitrogens with zero attached hydrogens (tertiary/aromatic N) is 4. The standard InChI is InChI=1S/C11H11ClN4O2/c12-9-4-7(6-13)3-8(5-9)11(18)10(17)1-2-15-16-14/h3-5,10-11,17-18H,1-2H2. The Kier molecular flexibility index (Phi) is 5.43. The summed E-state index contributed by atoms with van der Waals surface area (Å²) in [6.07, 6.45) is -2.13. The first-order valence-corrected chi connectivity index (χ1v) is 5.54. The summed E-state index contributed by atoms with van der Waals surface area (Å²) in [5, 5.41) is 31.9. The average Bonchev–Trinajstić information content (AvgIpc) is 2.37. The third-order valence-corrected chi connectivity index (χ3v) is 2.56. The van der Waals surface area contributed by atoms with E-state index < -0.39 is 12.2 Å². The molecule has 0 heterocycles. The van der Waals surface area contributed by atoms with E-state index in [9.17, 15) is 10.2 Å². The molecular weight excluding hydrogens is 256 g/mol. The van der Waals surface area contributed by atoms with Crippen molar-refractivity contribution in [2.75, 3.05) is 6.54 Å². The van der Waals surface area contributed by atoms with Gasteiger partial charge in [0.2, 0.25) is 0 Å². The van der Waals surface area contributed by atoms with Crippen molar-refractivity contribution in [2.45, 2.75) is 18.6 Å². The maximum Gasteiger partial charge on any atom is 0.105 e. The van der Waals surface area contributed by atoms with Gasteiger partial charge in [-0.1, -0.05) is 16.7 Å². The zero-order valence-electron chi connectivity index (χ0n) is 9.36. The predicted molar refractivity (Wildman–Crippen MR) is 65.8 cm³/mol. The predicted octanol–water partition coefficient (Wildman–Crippen LogP) is 2.31. The summed E-state index contributed by atoms with van der Waals surface area (Å²) in [6, 6.07) is 6.30. The van der Waals surface area contributed by atoms with Crippen LogP contribution in [0.1, 0.15) is 23.7 Å². The van der Waals surface area contributed by atoms with Crippen LogP contribution in [0.5, 0.6) is 0 Å². The highest BCUT2D eigenvalue weighted by Gasteiger charge is 2.18. The molecule has 0 saturated carbocycles. The van der Waals surface area contributed by atoms with Gasteiger partial charge in [0, 0.05) is 16.5 Å². The van der Waals surface area contributed by atoms with Crippen LogP contribution in [0, 0.1) is 11.3 Å². The Balaban J connectivity index is 2.82. The van der Waals surface area contributed by atoms with Crippen LogP contribution in [-0.4, -0.2) is 22.9 Å². The molecule has 0 fully saturated rings. The van der Waals surface area contributed by atoms with E-state index in [2.05, 4.69) is 10.0 Å². The van der Waals surface area contributed by atoms with Crippen molar-refractivity contribution in [3.05, 3.63) is 44.8 Å². The third-order valence-electron chi connectivity index (χ3n) is 2.34. The van der Waals surface area contributed by atoms with Crippen LogP contribution in [0.3, 0.4) is 0 Å². The maximum absolute atomic E-state index is 9.88. The Hall–Kier alpha value is -1.77. The second-order valence-corrected chi connectivity index (χ2v) is 4.08. The smallest absolute Gasteiger partial charge is 0.105 e. The summed E-state index contributed by atoms with van der Waals surface area (Å²) in [4.78, 5) is 2.55. The second-order valence-electron chi connectivity index (χ2n) is 3.64. The molecule has 2 N–H and O–H groups in total. The van der Waals surface area contributed by atoms with Gasteiger partial charge >= 0.3 is 0 Å². The minimum Gasteiger partial charge on any atom is -0.390 e. The molecule has 0 amide bonds. The number of rotatable bonds is 5. The van der Waals surface area contributed by atoms with Gasteiger partial charge in [0.25, 0.3) is 0 Å². The Morgan fingerprint density at radius 1 is 1.44 bits per heavy atom. The van der Waals surface area contributed by atoms with E-state index in [1.54, 1.807) is 0 Å². The minimum atomic E-state index is -1.18. The van der Waals surface area contributed by atoms with Gasteiger partial charge in [-0.2, -0.15) is 5.26 Å². The fourth-order valence-electron chi connectivity index (χ4n) is 1.46. The molecule has 0 aliphatic heterocycles. The lowest BCUT2D eigenvalue weighted by Gasteiger charge is -2.17. The number of aliphatic hydroxyl groups is 2. The quantitative estimate of drug-likeness (QED) is 0.484. The van der Waals surface area contributed by atoms with Gasteiger partial charge < -0.3 is 10.2 Å².